The number of carbonyl (C=O) groups is 4. The normalized spacial score (nSPS) is 27.1. The van der Waals surface area contributed by atoms with Gasteiger partial charge in [0.1, 0.15) is 17.1 Å². The lowest BCUT2D eigenvalue weighted by molar-refractivity contribution is -0.131. The van der Waals surface area contributed by atoms with Crippen LogP contribution in [0.4, 0.5) is 15.8 Å². The van der Waals surface area contributed by atoms with Gasteiger partial charge in [-0.05, 0) is 86.3 Å². The quantitative estimate of drug-likeness (QED) is 0.153. The Balaban J connectivity index is 1.10. The van der Waals surface area contributed by atoms with Crippen molar-refractivity contribution in [2.45, 2.75) is 25.7 Å². The lowest BCUT2D eigenvalue weighted by Crippen LogP contribution is -2.48. The molecule has 2 saturated heterocycles. The van der Waals surface area contributed by atoms with Crippen LogP contribution in [0.5, 0.6) is 5.75 Å². The Hall–Kier alpha value is -5.61. The number of rotatable bonds is 4. The Labute approximate surface area is 295 Å². The number of amides is 4. The van der Waals surface area contributed by atoms with Crippen molar-refractivity contribution in [3.63, 3.8) is 0 Å². The molecule has 1 N–H and O–H groups in total. The summed E-state index contributed by atoms with van der Waals surface area (Å²) in [6.45, 7) is 1.72. The van der Waals surface area contributed by atoms with Crippen LogP contribution in [0, 0.1) is 34.9 Å². The average molecular weight is 702 g/mol. The molecule has 51 heavy (non-hydrogen) atoms. The third-order valence-corrected chi connectivity index (χ3v) is 11.6. The molecule has 3 heterocycles. The summed E-state index contributed by atoms with van der Waals surface area (Å²) in [4.78, 5) is 64.1. The number of phenols is 1. The van der Waals surface area contributed by atoms with E-state index in [-0.39, 0.29) is 41.1 Å². The highest BCUT2D eigenvalue weighted by atomic mass is 35.5. The van der Waals surface area contributed by atoms with E-state index in [1.807, 2.05) is 30.3 Å². The molecule has 4 aliphatic rings. The van der Waals surface area contributed by atoms with Gasteiger partial charge in [0.15, 0.2) is 5.58 Å². The molecular weight excluding hydrogens is 673 g/mol. The molecule has 9 nitrogen and oxygen atoms in total. The molecule has 4 aromatic carbocycles. The number of phenolic OH excluding ortho intramolecular Hbond substituents is 1. The van der Waals surface area contributed by atoms with Crippen LogP contribution in [0.15, 0.2) is 107 Å². The number of hydrogen-bond acceptors (Lipinski definition) is 7. The van der Waals surface area contributed by atoms with Crippen molar-refractivity contribution < 1.29 is 33.1 Å². The summed E-state index contributed by atoms with van der Waals surface area (Å²) < 4.78 is 20.0. The van der Waals surface area contributed by atoms with E-state index in [1.54, 1.807) is 49.4 Å². The van der Waals surface area contributed by atoms with Gasteiger partial charge in [-0.25, -0.2) is 14.3 Å². The molecule has 11 heteroatoms. The molecule has 254 valence electrons. The minimum atomic E-state index is -1.36. The fraction of sp³-hybridized carbons (Fsp3) is 0.225. The minimum Gasteiger partial charge on any atom is -0.508 e. The van der Waals surface area contributed by atoms with Crippen LogP contribution in [0.3, 0.4) is 0 Å². The number of fused-ring (bicyclic) bond motifs is 5. The van der Waals surface area contributed by atoms with Crippen LogP contribution in [-0.2, 0) is 19.2 Å². The standard InChI is InChI=1S/C40H29ClFN3O6/c1-40-27(37(48)45(39(40)50)22-14-17-29(42)28(41)18-22)19-26-23(34(40)24-6-2-4-8-31(24)46)15-16-25-33(26)38(49)44(36(25)47)21-12-10-20(11-13-21)35-43-30-7-3-5-9-32(30)51-35/h2-15,17-18,25-27,33-34,46H,16,19H2,1H3/t25-,26+,27-,33-,34+,40+/m0/s1. The number of allylic oxidation sites excluding steroid dienone is 2. The Kier molecular flexibility index (Phi) is 6.89. The molecule has 4 amide bonds. The summed E-state index contributed by atoms with van der Waals surface area (Å²) >= 11 is 6.08. The Morgan fingerprint density at radius 2 is 1.59 bits per heavy atom. The van der Waals surface area contributed by atoms with Crippen LogP contribution in [0.2, 0.25) is 5.02 Å². The molecule has 3 fully saturated rings. The second kappa shape index (κ2) is 11.2. The highest BCUT2D eigenvalue weighted by molar-refractivity contribution is 6.32. The molecule has 0 bridgehead atoms. The van der Waals surface area contributed by atoms with Crippen molar-refractivity contribution in [2.75, 3.05) is 9.80 Å². The fourth-order valence-corrected chi connectivity index (χ4v) is 9.14. The van der Waals surface area contributed by atoms with E-state index in [0.717, 1.165) is 16.5 Å². The maximum Gasteiger partial charge on any atom is 0.241 e. The second-order valence-corrected chi connectivity index (χ2v) is 14.3. The van der Waals surface area contributed by atoms with Crippen molar-refractivity contribution in [2.24, 2.45) is 29.1 Å². The number of aromatic hydroxyl groups is 1. The molecule has 0 spiro atoms. The Morgan fingerprint density at radius 3 is 2.33 bits per heavy atom. The second-order valence-electron chi connectivity index (χ2n) is 13.9. The van der Waals surface area contributed by atoms with Gasteiger partial charge in [0.2, 0.25) is 29.5 Å². The predicted molar refractivity (Wildman–Crippen MR) is 186 cm³/mol. The van der Waals surface area contributed by atoms with E-state index >= 15 is 0 Å². The van der Waals surface area contributed by atoms with Gasteiger partial charge in [-0.2, -0.15) is 0 Å². The van der Waals surface area contributed by atoms with Gasteiger partial charge < -0.3 is 9.52 Å². The molecular formula is C40H29ClFN3O6. The third kappa shape index (κ3) is 4.42. The highest BCUT2D eigenvalue weighted by Gasteiger charge is 2.68. The number of benzene rings is 4. The van der Waals surface area contributed by atoms with Gasteiger partial charge in [0, 0.05) is 17.0 Å². The van der Waals surface area contributed by atoms with E-state index in [2.05, 4.69) is 4.98 Å². The van der Waals surface area contributed by atoms with E-state index < -0.39 is 52.6 Å². The molecule has 0 unspecified atom stereocenters. The number of oxazole rings is 1. The van der Waals surface area contributed by atoms with Gasteiger partial charge in [-0.1, -0.05) is 53.6 Å². The molecule has 5 aromatic rings. The van der Waals surface area contributed by atoms with Crippen LogP contribution in [0.25, 0.3) is 22.6 Å². The summed E-state index contributed by atoms with van der Waals surface area (Å²) in [7, 11) is 0. The SMILES string of the molecule is C[C@@]12C(=O)N(c3ccc(F)c(Cl)c3)C(=O)[C@@H]1C[C@@H]1C(=CC[C@@H]3C(=O)N(c4ccc(-c5nc6ccccc6o5)cc4)C(=O)[C@@H]31)[C@@H]2c1ccccc1O. The Bertz CT molecular complexity index is 2340. The zero-order valence-corrected chi connectivity index (χ0v) is 27.9. The van der Waals surface area contributed by atoms with Gasteiger partial charge in [-0.15, -0.1) is 0 Å². The maximum atomic E-state index is 14.5. The first-order valence-electron chi connectivity index (χ1n) is 16.7. The van der Waals surface area contributed by atoms with Gasteiger partial charge >= 0.3 is 0 Å². The predicted octanol–water partition coefficient (Wildman–Crippen LogP) is 7.43. The van der Waals surface area contributed by atoms with Gasteiger partial charge in [0.25, 0.3) is 0 Å². The summed E-state index contributed by atoms with van der Waals surface area (Å²) in [6.07, 6.45) is 2.31. The number of halogens is 2. The number of imide groups is 2. The van der Waals surface area contributed by atoms with Gasteiger partial charge in [0.05, 0.1) is 39.6 Å². The monoisotopic (exact) mass is 701 g/mol. The molecule has 1 aromatic heterocycles. The van der Waals surface area contributed by atoms with Crippen LogP contribution >= 0.6 is 11.6 Å². The summed E-state index contributed by atoms with van der Waals surface area (Å²) in [6, 6.07) is 24.7. The zero-order valence-electron chi connectivity index (χ0n) is 27.1. The third-order valence-electron chi connectivity index (χ3n) is 11.4. The first-order chi connectivity index (χ1) is 24.6. The lowest BCUT2D eigenvalue weighted by Gasteiger charge is -2.49. The number of carbonyl (C=O) groups excluding carboxylic acids is 4. The van der Waals surface area contributed by atoms with E-state index in [0.29, 0.717) is 33.8 Å². The fourth-order valence-electron chi connectivity index (χ4n) is 8.96. The van der Waals surface area contributed by atoms with Crippen molar-refractivity contribution in [1.29, 1.82) is 0 Å². The zero-order chi connectivity index (χ0) is 35.3. The molecule has 2 aliphatic carbocycles. The maximum absolute atomic E-state index is 14.5. The van der Waals surface area contributed by atoms with Crippen LogP contribution in [-0.4, -0.2) is 33.7 Å². The minimum absolute atomic E-state index is 0.0517. The highest BCUT2D eigenvalue weighted by Crippen LogP contribution is 2.64. The Morgan fingerprint density at radius 1 is 0.863 bits per heavy atom. The molecule has 0 radical (unpaired) electrons. The topological polar surface area (TPSA) is 121 Å². The van der Waals surface area contributed by atoms with Crippen molar-refractivity contribution >= 4 is 57.7 Å². The average Bonchev–Trinajstić information content (AvgIpc) is 3.74. The smallest absolute Gasteiger partial charge is 0.241 e. The lowest BCUT2D eigenvalue weighted by atomic mass is 9.51. The van der Waals surface area contributed by atoms with E-state index in [4.69, 9.17) is 16.0 Å². The first kappa shape index (κ1) is 31.4. The van der Waals surface area contributed by atoms with Crippen LogP contribution < -0.4 is 9.80 Å². The molecule has 2 aliphatic heterocycles. The van der Waals surface area contributed by atoms with Crippen LogP contribution in [0.1, 0.15) is 31.2 Å². The molecule has 9 rings (SSSR count). The van der Waals surface area contributed by atoms with Crippen molar-refractivity contribution in [3.8, 4) is 17.2 Å². The van der Waals surface area contributed by atoms with Gasteiger partial charge in [-0.3, -0.25) is 24.1 Å². The summed E-state index contributed by atoms with van der Waals surface area (Å²) in [5, 5.41) is 10.9. The number of para-hydroxylation sites is 3. The molecule has 1 saturated carbocycles. The van der Waals surface area contributed by atoms with E-state index in [9.17, 15) is 28.7 Å². The van der Waals surface area contributed by atoms with Crippen molar-refractivity contribution in [3.05, 3.63) is 119 Å². The first-order valence-corrected chi connectivity index (χ1v) is 17.1. The number of aromatic nitrogens is 1. The summed E-state index contributed by atoms with van der Waals surface area (Å²) in [5.74, 6) is -5.78. The number of anilines is 2. The largest absolute Gasteiger partial charge is 0.508 e. The number of nitrogens with zero attached hydrogens (tertiary/aromatic N) is 3. The van der Waals surface area contributed by atoms with Crippen molar-refractivity contribution in [1.82, 2.24) is 4.98 Å². The number of hydrogen-bond donors (Lipinski definition) is 1. The summed E-state index contributed by atoms with van der Waals surface area (Å²) in [5.41, 5.74) is 2.41. The molecule has 6 atom stereocenters. The van der Waals surface area contributed by atoms with E-state index in [1.165, 1.54) is 23.1 Å².